The van der Waals surface area contributed by atoms with Crippen LogP contribution in [0.5, 0.6) is 0 Å². The molecule has 6 atom stereocenters. The van der Waals surface area contributed by atoms with Gasteiger partial charge in [0, 0.05) is 12.8 Å². The Labute approximate surface area is 344 Å². The van der Waals surface area contributed by atoms with Crippen molar-refractivity contribution < 1.29 is 56.8 Å². The number of allylic oxidation sites excluding steroid dienone is 6. The fourth-order valence-corrected chi connectivity index (χ4v) is 7.14. The summed E-state index contributed by atoms with van der Waals surface area (Å²) in [6.45, 7) is 3.68. The van der Waals surface area contributed by atoms with Crippen LogP contribution in [-0.4, -0.2) is 96.0 Å². The lowest BCUT2D eigenvalue weighted by Crippen LogP contribution is -2.60. The van der Waals surface area contributed by atoms with Gasteiger partial charge in [0.1, 0.15) is 36.8 Å². The first-order valence-corrected chi connectivity index (χ1v) is 23.7. The molecule has 0 aromatic heterocycles. The second kappa shape index (κ2) is 34.7. The van der Waals surface area contributed by atoms with E-state index in [0.717, 1.165) is 83.5 Å². The maximum Gasteiger partial charge on any atom is 0.306 e. The normalized spacial score (nSPS) is 20.8. The molecule has 0 aliphatic carbocycles. The Balaban J connectivity index is 2.48. The van der Waals surface area contributed by atoms with Gasteiger partial charge in [-0.3, -0.25) is 14.1 Å². The van der Waals surface area contributed by atoms with Gasteiger partial charge >= 0.3 is 11.9 Å². The van der Waals surface area contributed by atoms with Crippen molar-refractivity contribution in [2.24, 2.45) is 0 Å². The number of hydrogen-bond donors (Lipinski definition) is 4. The summed E-state index contributed by atoms with van der Waals surface area (Å²) in [7, 11) is -4.60. The molecule has 0 aromatic rings. The molecule has 1 saturated heterocycles. The lowest BCUT2D eigenvalue weighted by Gasteiger charge is -2.40. The highest BCUT2D eigenvalue weighted by Crippen LogP contribution is 2.24. The second-order valence-corrected chi connectivity index (χ2v) is 16.9. The van der Waals surface area contributed by atoms with Crippen LogP contribution in [0.3, 0.4) is 0 Å². The zero-order valence-corrected chi connectivity index (χ0v) is 36.0. The van der Waals surface area contributed by atoms with Crippen LogP contribution in [0.15, 0.2) is 36.5 Å². The minimum atomic E-state index is -4.60. The summed E-state index contributed by atoms with van der Waals surface area (Å²) in [5.41, 5.74) is 0. The van der Waals surface area contributed by atoms with Crippen molar-refractivity contribution in [2.45, 2.75) is 211 Å². The number of hydrogen-bond acceptors (Lipinski definition) is 11. The number of carbonyl (C=O) groups is 2. The van der Waals surface area contributed by atoms with Crippen molar-refractivity contribution in [3.05, 3.63) is 36.5 Å². The molecular formula is C44H78O12S. The van der Waals surface area contributed by atoms with Gasteiger partial charge in [0.25, 0.3) is 10.1 Å². The molecule has 332 valence electrons. The summed E-state index contributed by atoms with van der Waals surface area (Å²) in [5.74, 6) is -2.01. The van der Waals surface area contributed by atoms with Gasteiger partial charge in [0.15, 0.2) is 12.4 Å². The first-order chi connectivity index (χ1) is 27.5. The minimum Gasteiger partial charge on any atom is -0.462 e. The van der Waals surface area contributed by atoms with Crippen LogP contribution in [0.1, 0.15) is 174 Å². The van der Waals surface area contributed by atoms with E-state index in [-0.39, 0.29) is 19.4 Å². The van der Waals surface area contributed by atoms with E-state index < -0.39 is 71.2 Å². The maximum absolute atomic E-state index is 12.8. The van der Waals surface area contributed by atoms with Crippen LogP contribution in [-0.2, 0) is 38.7 Å². The van der Waals surface area contributed by atoms with E-state index in [4.69, 9.17) is 18.9 Å². The molecule has 0 radical (unpaired) electrons. The Morgan fingerprint density at radius 2 is 1.07 bits per heavy atom. The molecule has 13 heteroatoms. The molecule has 1 fully saturated rings. The summed E-state index contributed by atoms with van der Waals surface area (Å²) in [6.07, 6.45) is 29.0. The van der Waals surface area contributed by atoms with E-state index in [1.807, 2.05) is 0 Å². The van der Waals surface area contributed by atoms with Crippen LogP contribution < -0.4 is 0 Å². The summed E-state index contributed by atoms with van der Waals surface area (Å²) < 4.78 is 54.0. The largest absolute Gasteiger partial charge is 0.462 e. The number of unbranched alkanes of at least 4 members (excludes halogenated alkanes) is 18. The lowest BCUT2D eigenvalue weighted by atomic mass is 10.00. The molecule has 0 amide bonds. The second-order valence-electron chi connectivity index (χ2n) is 15.4. The summed E-state index contributed by atoms with van der Waals surface area (Å²) in [5, 5.41) is 30.8. The number of aliphatic hydroxyl groups is 3. The van der Waals surface area contributed by atoms with E-state index in [2.05, 4.69) is 50.3 Å². The summed E-state index contributed by atoms with van der Waals surface area (Å²) in [4.78, 5) is 25.4. The van der Waals surface area contributed by atoms with Gasteiger partial charge in [-0.2, -0.15) is 8.42 Å². The zero-order valence-electron chi connectivity index (χ0n) is 35.2. The van der Waals surface area contributed by atoms with Gasteiger partial charge in [-0.25, -0.2) is 0 Å². The number of aliphatic hydroxyl groups excluding tert-OH is 3. The Bertz CT molecular complexity index is 1200. The highest BCUT2D eigenvalue weighted by Gasteiger charge is 2.46. The molecule has 1 aliphatic heterocycles. The third-order valence-electron chi connectivity index (χ3n) is 9.94. The van der Waals surface area contributed by atoms with Crippen molar-refractivity contribution in [1.82, 2.24) is 0 Å². The zero-order chi connectivity index (χ0) is 42.0. The molecule has 57 heavy (non-hydrogen) atoms. The molecular weight excluding hydrogens is 753 g/mol. The standard InChI is InChI=1S/C44H78O12S/c1-3-5-7-9-11-13-15-17-19-21-22-24-26-28-30-32-39(45)53-34-37(35-54-44-43(49)42(48)41(47)38(56-44)36-57(50,51)52)55-40(46)33-31-29-27-25-23-20-18-16-14-12-10-8-6-4-2/h10,12,16-19,37-38,41-44,47-49H,3-9,11,13-15,20-36H2,1-2H3,(H,50,51,52)/b12-10+,18-16+,19-17+/t37-,38-,41-,42?,43?,44+/m1/s1. The molecule has 1 aliphatic rings. The van der Waals surface area contributed by atoms with E-state index in [1.165, 1.54) is 51.4 Å². The molecule has 0 aromatic carbocycles. The van der Waals surface area contributed by atoms with Crippen molar-refractivity contribution in [3.63, 3.8) is 0 Å². The van der Waals surface area contributed by atoms with E-state index in [1.54, 1.807) is 0 Å². The van der Waals surface area contributed by atoms with Crippen molar-refractivity contribution >= 4 is 22.1 Å². The van der Waals surface area contributed by atoms with E-state index in [0.29, 0.717) is 12.8 Å². The van der Waals surface area contributed by atoms with Crippen molar-refractivity contribution in [2.75, 3.05) is 19.0 Å². The molecule has 12 nitrogen and oxygen atoms in total. The molecule has 0 spiro atoms. The Morgan fingerprint density at radius 1 is 0.596 bits per heavy atom. The van der Waals surface area contributed by atoms with Gasteiger partial charge in [-0.05, 0) is 64.2 Å². The highest BCUT2D eigenvalue weighted by atomic mass is 32.2. The quantitative estimate of drug-likeness (QED) is 0.0204. The van der Waals surface area contributed by atoms with Crippen LogP contribution in [0.25, 0.3) is 0 Å². The maximum atomic E-state index is 12.8. The van der Waals surface area contributed by atoms with E-state index in [9.17, 15) is 37.9 Å². The van der Waals surface area contributed by atoms with Crippen LogP contribution >= 0.6 is 0 Å². The van der Waals surface area contributed by atoms with Crippen molar-refractivity contribution in [3.8, 4) is 0 Å². The minimum absolute atomic E-state index is 0.146. The van der Waals surface area contributed by atoms with Gasteiger partial charge in [0.05, 0.1) is 6.61 Å². The molecule has 4 N–H and O–H groups in total. The Kier molecular flexibility index (Phi) is 32.2. The molecule has 2 unspecified atom stereocenters. The first-order valence-electron chi connectivity index (χ1n) is 22.0. The van der Waals surface area contributed by atoms with E-state index >= 15 is 0 Å². The van der Waals surface area contributed by atoms with Gasteiger partial charge in [-0.15, -0.1) is 0 Å². The average molecular weight is 831 g/mol. The topological polar surface area (TPSA) is 186 Å². The lowest BCUT2D eigenvalue weighted by molar-refractivity contribution is -0.297. The Hall–Kier alpha value is -2.13. The van der Waals surface area contributed by atoms with Crippen LogP contribution in [0.2, 0.25) is 0 Å². The number of rotatable bonds is 36. The molecule has 1 rings (SSSR count). The fraction of sp³-hybridized carbons (Fsp3) is 0.818. The number of carbonyl (C=O) groups excluding carboxylic acids is 2. The van der Waals surface area contributed by atoms with Gasteiger partial charge in [-0.1, -0.05) is 134 Å². The third-order valence-corrected chi connectivity index (χ3v) is 10.7. The predicted octanol–water partition coefficient (Wildman–Crippen LogP) is 8.61. The summed E-state index contributed by atoms with van der Waals surface area (Å²) >= 11 is 0. The number of ether oxygens (including phenoxy) is 4. The summed E-state index contributed by atoms with van der Waals surface area (Å²) in [6, 6.07) is 0. The number of esters is 2. The molecule has 0 bridgehead atoms. The Morgan fingerprint density at radius 3 is 1.61 bits per heavy atom. The highest BCUT2D eigenvalue weighted by molar-refractivity contribution is 7.85. The first kappa shape index (κ1) is 52.9. The van der Waals surface area contributed by atoms with Crippen LogP contribution in [0, 0.1) is 0 Å². The monoisotopic (exact) mass is 831 g/mol. The van der Waals surface area contributed by atoms with Crippen molar-refractivity contribution in [1.29, 1.82) is 0 Å². The average Bonchev–Trinajstić information content (AvgIpc) is 3.17. The predicted molar refractivity (Wildman–Crippen MR) is 224 cm³/mol. The fourth-order valence-electron chi connectivity index (χ4n) is 6.45. The molecule has 1 heterocycles. The molecule has 0 saturated carbocycles. The van der Waals surface area contributed by atoms with Crippen LogP contribution in [0.4, 0.5) is 0 Å². The third kappa shape index (κ3) is 29.7. The SMILES string of the molecule is CCCC/C=C/C/C=C/CCCCCCCC(=O)O[C@H](COC(=O)CCCCCCC/C=C/CCCCCCCC)CO[C@H]1O[C@H](CS(=O)(=O)O)[C@@H](O)C(O)C1O. The van der Waals surface area contributed by atoms with Gasteiger partial charge in [0.2, 0.25) is 0 Å². The smallest absolute Gasteiger partial charge is 0.306 e. The van der Waals surface area contributed by atoms with Gasteiger partial charge < -0.3 is 34.3 Å².